The van der Waals surface area contributed by atoms with Crippen molar-refractivity contribution in [3.05, 3.63) is 46.0 Å². The number of hydrogen-bond donors (Lipinski definition) is 5. The average Bonchev–Trinajstić information content (AvgIpc) is 2.74. The molecule has 10 heteroatoms. The maximum atomic E-state index is 13.8. The predicted octanol–water partition coefficient (Wildman–Crippen LogP) is 1.48. The smallest absolute Gasteiger partial charge is 0.291 e. The van der Waals surface area contributed by atoms with Crippen molar-refractivity contribution in [2.24, 2.45) is 5.73 Å². The number of aromatic amines is 1. The number of aryl methyl sites for hydroxylation is 1. The van der Waals surface area contributed by atoms with E-state index >= 15 is 0 Å². The van der Waals surface area contributed by atoms with Gasteiger partial charge in [-0.25, -0.2) is 9.37 Å². The van der Waals surface area contributed by atoms with Crippen LogP contribution in [-0.4, -0.2) is 26.2 Å². The first-order valence-electron chi connectivity index (χ1n) is 5.56. The lowest BCUT2D eigenvalue weighted by Gasteiger charge is -2.05. The number of halogens is 1. The number of guanidine groups is 1. The molecule has 0 amide bonds. The Hall–Kier alpha value is -3.17. The van der Waals surface area contributed by atoms with Crippen molar-refractivity contribution in [1.82, 2.24) is 9.97 Å². The minimum atomic E-state index is -1.50. The van der Waals surface area contributed by atoms with E-state index in [4.69, 9.17) is 26.5 Å². The van der Waals surface area contributed by atoms with Crippen molar-refractivity contribution in [2.45, 2.75) is 6.92 Å². The fraction of sp³-hybridized carbons (Fsp3) is 0.0909. The van der Waals surface area contributed by atoms with E-state index in [9.17, 15) is 4.39 Å². The van der Waals surface area contributed by atoms with E-state index in [0.717, 1.165) is 5.69 Å². The predicted molar refractivity (Wildman–Crippen MR) is 73.0 cm³/mol. The van der Waals surface area contributed by atoms with Crippen molar-refractivity contribution in [3.63, 3.8) is 0 Å². The number of nitrogens with one attached hydrogen (secondary N) is 3. The third-order valence-corrected chi connectivity index (χ3v) is 2.21. The van der Waals surface area contributed by atoms with E-state index in [0.29, 0.717) is 17.1 Å². The maximum absolute atomic E-state index is 13.8. The first kappa shape index (κ1) is 15.9. The first-order valence-corrected chi connectivity index (χ1v) is 5.56. The first-order chi connectivity index (χ1) is 9.79. The molecule has 0 bridgehead atoms. The highest BCUT2D eigenvalue weighted by molar-refractivity contribution is 5.89. The fourth-order valence-corrected chi connectivity index (χ4v) is 1.49. The molecule has 0 saturated carbocycles. The zero-order valence-corrected chi connectivity index (χ0v) is 10.9. The molecule has 6 N–H and O–H groups in total. The van der Waals surface area contributed by atoms with Crippen LogP contribution in [0, 0.1) is 28.3 Å². The van der Waals surface area contributed by atoms with Crippen LogP contribution in [0.25, 0.3) is 11.4 Å². The minimum Gasteiger partial charge on any atom is -0.370 e. The minimum absolute atomic E-state index is 0.231. The summed E-state index contributed by atoms with van der Waals surface area (Å²) >= 11 is 0. The van der Waals surface area contributed by atoms with Gasteiger partial charge in [-0.1, -0.05) is 0 Å². The van der Waals surface area contributed by atoms with Gasteiger partial charge in [0.05, 0.1) is 11.3 Å². The second-order valence-electron chi connectivity index (χ2n) is 3.86. The number of anilines is 1. The zero-order chi connectivity index (χ0) is 16.0. The van der Waals surface area contributed by atoms with Crippen molar-refractivity contribution < 1.29 is 14.7 Å². The van der Waals surface area contributed by atoms with Gasteiger partial charge in [0.25, 0.3) is 5.09 Å². The molecule has 0 spiro atoms. The maximum Gasteiger partial charge on any atom is 0.291 e. The van der Waals surface area contributed by atoms with Crippen molar-refractivity contribution in [1.29, 1.82) is 5.41 Å². The normalized spacial score (nSPS) is 9.43. The van der Waals surface area contributed by atoms with Crippen LogP contribution < -0.4 is 11.1 Å². The summed E-state index contributed by atoms with van der Waals surface area (Å²) in [6.07, 6.45) is 1.70. The summed E-state index contributed by atoms with van der Waals surface area (Å²) in [4.78, 5) is 15.4. The Bertz CT molecular complexity index is 653. The van der Waals surface area contributed by atoms with Gasteiger partial charge in [-0.3, -0.25) is 5.41 Å². The number of imidazole rings is 1. The summed E-state index contributed by atoms with van der Waals surface area (Å²) in [6.45, 7) is 1.82. The Balaban J connectivity index is 0.000000491. The molecule has 21 heavy (non-hydrogen) atoms. The van der Waals surface area contributed by atoms with E-state index in [2.05, 4.69) is 15.3 Å². The summed E-state index contributed by atoms with van der Waals surface area (Å²) in [5.74, 6) is -0.175. The molecule has 0 aliphatic carbocycles. The van der Waals surface area contributed by atoms with Gasteiger partial charge in [-0.15, -0.1) is 10.1 Å². The van der Waals surface area contributed by atoms with Crippen LogP contribution in [0.3, 0.4) is 0 Å². The van der Waals surface area contributed by atoms with Gasteiger partial charge in [0.1, 0.15) is 11.6 Å². The van der Waals surface area contributed by atoms with Crippen LogP contribution in [0.1, 0.15) is 5.69 Å². The van der Waals surface area contributed by atoms with Gasteiger partial charge in [0, 0.05) is 11.9 Å². The standard InChI is InChI=1S/C11H12FN5.HNO3/c1-6-5-15-10(16-6)8-3-2-7(4-9(8)12)17-11(13)14;2-1(3)4/h2-5H,1H3,(H,15,16)(H4,13,14,17);(H,2,3,4). The van der Waals surface area contributed by atoms with Crippen molar-refractivity contribution in [3.8, 4) is 11.4 Å². The highest BCUT2D eigenvalue weighted by Crippen LogP contribution is 2.22. The quantitative estimate of drug-likeness (QED) is 0.245. The van der Waals surface area contributed by atoms with Gasteiger partial charge in [-0.2, -0.15) is 0 Å². The molecule has 2 aromatic rings. The molecule has 0 fully saturated rings. The van der Waals surface area contributed by atoms with Crippen LogP contribution in [0.4, 0.5) is 10.1 Å². The molecule has 1 aromatic heterocycles. The van der Waals surface area contributed by atoms with Gasteiger partial charge < -0.3 is 21.2 Å². The number of H-pyrrole nitrogens is 1. The van der Waals surface area contributed by atoms with E-state index in [1.165, 1.54) is 6.07 Å². The highest BCUT2D eigenvalue weighted by atomic mass is 19.1. The van der Waals surface area contributed by atoms with Crippen molar-refractivity contribution in [2.75, 3.05) is 5.32 Å². The Kier molecular flexibility index (Phi) is 5.17. The molecule has 1 heterocycles. The summed E-state index contributed by atoms with van der Waals surface area (Å²) < 4.78 is 13.8. The largest absolute Gasteiger partial charge is 0.370 e. The second-order valence-corrected chi connectivity index (χ2v) is 3.86. The van der Waals surface area contributed by atoms with Gasteiger partial charge in [0.15, 0.2) is 5.96 Å². The number of rotatable bonds is 2. The van der Waals surface area contributed by atoms with Gasteiger partial charge in [0.2, 0.25) is 0 Å². The lowest BCUT2D eigenvalue weighted by Crippen LogP contribution is -2.20. The summed E-state index contributed by atoms with van der Waals surface area (Å²) in [5, 5.41) is 23.2. The second kappa shape index (κ2) is 6.84. The summed E-state index contributed by atoms with van der Waals surface area (Å²) in [7, 11) is 0. The summed E-state index contributed by atoms with van der Waals surface area (Å²) in [6, 6.07) is 4.49. The number of hydrogen-bond acceptors (Lipinski definition) is 4. The molecule has 0 unspecified atom stereocenters. The molecule has 0 radical (unpaired) electrons. The SMILES string of the molecule is Cc1c[nH]c(-c2ccc(NC(=N)N)cc2F)n1.O=[N+]([O-])O. The molecule has 0 atom stereocenters. The van der Waals surface area contributed by atoms with Crippen LogP contribution in [-0.2, 0) is 0 Å². The third kappa shape index (κ3) is 5.14. The lowest BCUT2D eigenvalue weighted by atomic mass is 10.2. The van der Waals surface area contributed by atoms with Crippen molar-refractivity contribution >= 4 is 11.6 Å². The Labute approximate surface area is 118 Å². The average molecular weight is 296 g/mol. The molecule has 1 aromatic carbocycles. The molecule has 0 aliphatic heterocycles. The van der Waals surface area contributed by atoms with Crippen LogP contribution >= 0.6 is 0 Å². The van der Waals surface area contributed by atoms with E-state index in [1.807, 2.05) is 6.92 Å². The number of nitrogens with zero attached hydrogens (tertiary/aromatic N) is 2. The third-order valence-electron chi connectivity index (χ3n) is 2.21. The molecule has 2 rings (SSSR count). The number of benzene rings is 1. The van der Waals surface area contributed by atoms with E-state index in [-0.39, 0.29) is 5.96 Å². The van der Waals surface area contributed by atoms with Crippen LogP contribution in [0.2, 0.25) is 0 Å². The molecule has 112 valence electrons. The topological polar surface area (TPSA) is 154 Å². The Morgan fingerprint density at radius 1 is 1.62 bits per heavy atom. The Morgan fingerprint density at radius 2 is 2.24 bits per heavy atom. The van der Waals surface area contributed by atoms with E-state index in [1.54, 1.807) is 18.3 Å². The fourth-order valence-electron chi connectivity index (χ4n) is 1.49. The molecular weight excluding hydrogens is 283 g/mol. The molecule has 0 aliphatic rings. The number of aromatic nitrogens is 2. The monoisotopic (exact) mass is 296 g/mol. The van der Waals surface area contributed by atoms with Crippen LogP contribution in [0.5, 0.6) is 0 Å². The van der Waals surface area contributed by atoms with Crippen LogP contribution in [0.15, 0.2) is 24.4 Å². The highest BCUT2D eigenvalue weighted by Gasteiger charge is 2.09. The van der Waals surface area contributed by atoms with Gasteiger partial charge in [-0.05, 0) is 25.1 Å². The zero-order valence-electron chi connectivity index (χ0n) is 10.9. The lowest BCUT2D eigenvalue weighted by molar-refractivity contribution is -0.742. The molecular formula is C11H13FN6O3. The Morgan fingerprint density at radius 3 is 2.67 bits per heavy atom. The molecule has 9 nitrogen and oxygen atoms in total. The van der Waals surface area contributed by atoms with E-state index < -0.39 is 10.9 Å². The number of nitrogens with two attached hydrogens (primary N) is 1. The molecule has 0 saturated heterocycles. The summed E-state index contributed by atoms with van der Waals surface area (Å²) in [5.41, 5.74) is 6.77. The van der Waals surface area contributed by atoms with Gasteiger partial charge >= 0.3 is 0 Å².